The molecule has 0 unspecified atom stereocenters. The fourth-order valence-electron chi connectivity index (χ4n) is 2.64. The summed E-state index contributed by atoms with van der Waals surface area (Å²) in [4.78, 5) is 26.2. The SMILES string of the molecule is Cc1ccc(CN2CC[C@H](NC(=O)c3cc(C)no3)C2=O)cc1. The van der Waals surface area contributed by atoms with Crippen LogP contribution in [0.4, 0.5) is 0 Å². The third-order valence-corrected chi connectivity index (χ3v) is 3.95. The van der Waals surface area contributed by atoms with Crippen LogP contribution in [-0.4, -0.2) is 34.5 Å². The van der Waals surface area contributed by atoms with E-state index in [1.807, 2.05) is 31.2 Å². The van der Waals surface area contributed by atoms with Crippen LogP contribution in [0.2, 0.25) is 0 Å². The lowest BCUT2D eigenvalue weighted by Gasteiger charge is -2.17. The van der Waals surface area contributed by atoms with Crippen LogP contribution in [0.15, 0.2) is 34.9 Å². The number of nitrogens with zero attached hydrogens (tertiary/aromatic N) is 2. The summed E-state index contributed by atoms with van der Waals surface area (Å²) in [6.07, 6.45) is 0.601. The molecule has 0 bridgehead atoms. The van der Waals surface area contributed by atoms with Crippen LogP contribution in [-0.2, 0) is 11.3 Å². The number of aromatic nitrogens is 1. The molecule has 1 fully saturated rings. The minimum Gasteiger partial charge on any atom is -0.351 e. The maximum Gasteiger partial charge on any atom is 0.290 e. The van der Waals surface area contributed by atoms with Crippen molar-refractivity contribution in [3.63, 3.8) is 0 Å². The summed E-state index contributed by atoms with van der Waals surface area (Å²) in [5.41, 5.74) is 2.91. The fraction of sp³-hybridized carbons (Fsp3) is 0.353. The predicted molar refractivity (Wildman–Crippen MR) is 83.7 cm³/mol. The molecule has 1 saturated heterocycles. The molecule has 0 spiro atoms. The summed E-state index contributed by atoms with van der Waals surface area (Å²) in [6, 6.07) is 9.15. The number of likely N-dealkylation sites (tertiary alicyclic amines) is 1. The molecule has 3 rings (SSSR count). The Morgan fingerprint density at radius 3 is 2.74 bits per heavy atom. The van der Waals surface area contributed by atoms with Gasteiger partial charge in [0.1, 0.15) is 6.04 Å². The molecule has 0 radical (unpaired) electrons. The number of aryl methyl sites for hydroxylation is 2. The second kappa shape index (κ2) is 6.24. The third kappa shape index (κ3) is 3.41. The maximum atomic E-state index is 12.4. The molecular formula is C17H19N3O3. The molecule has 1 aromatic heterocycles. The fourth-order valence-corrected chi connectivity index (χ4v) is 2.64. The van der Waals surface area contributed by atoms with E-state index in [0.717, 1.165) is 5.56 Å². The summed E-state index contributed by atoms with van der Waals surface area (Å²) >= 11 is 0. The molecule has 23 heavy (non-hydrogen) atoms. The van der Waals surface area contributed by atoms with Crippen LogP contribution >= 0.6 is 0 Å². The van der Waals surface area contributed by atoms with Gasteiger partial charge in [0, 0.05) is 19.2 Å². The predicted octanol–water partition coefficient (Wildman–Crippen LogP) is 1.82. The molecule has 2 heterocycles. The monoisotopic (exact) mass is 313 g/mol. The van der Waals surface area contributed by atoms with Crippen molar-refractivity contribution in [3.05, 3.63) is 52.9 Å². The molecule has 1 aliphatic rings. The van der Waals surface area contributed by atoms with Crippen LogP contribution in [0.3, 0.4) is 0 Å². The quantitative estimate of drug-likeness (QED) is 0.934. The van der Waals surface area contributed by atoms with Crippen molar-refractivity contribution < 1.29 is 14.1 Å². The summed E-state index contributed by atoms with van der Waals surface area (Å²) in [7, 11) is 0. The standard InChI is InChI=1S/C17H19N3O3/c1-11-3-5-13(6-4-11)10-20-8-7-14(17(20)22)18-16(21)15-9-12(2)19-23-15/h3-6,9,14H,7-8,10H2,1-2H3,(H,18,21)/t14-/m0/s1. The van der Waals surface area contributed by atoms with Crippen molar-refractivity contribution in [2.75, 3.05) is 6.54 Å². The van der Waals surface area contributed by atoms with Gasteiger partial charge in [-0.25, -0.2) is 0 Å². The highest BCUT2D eigenvalue weighted by atomic mass is 16.5. The Labute approximate surface area is 134 Å². The number of carbonyl (C=O) groups excluding carboxylic acids is 2. The van der Waals surface area contributed by atoms with Crippen LogP contribution in [0.5, 0.6) is 0 Å². The molecular weight excluding hydrogens is 294 g/mol. The first-order valence-corrected chi connectivity index (χ1v) is 7.61. The van der Waals surface area contributed by atoms with Gasteiger partial charge in [-0.1, -0.05) is 35.0 Å². The van der Waals surface area contributed by atoms with Gasteiger partial charge in [-0.05, 0) is 25.8 Å². The minimum absolute atomic E-state index is 0.0600. The average Bonchev–Trinajstić information content (AvgIpc) is 3.10. The highest BCUT2D eigenvalue weighted by Crippen LogP contribution is 2.16. The number of hydrogen-bond acceptors (Lipinski definition) is 4. The number of benzene rings is 1. The zero-order valence-corrected chi connectivity index (χ0v) is 13.2. The van der Waals surface area contributed by atoms with Crippen molar-refractivity contribution in [3.8, 4) is 0 Å². The molecule has 6 heteroatoms. The molecule has 1 aliphatic heterocycles. The Hall–Kier alpha value is -2.63. The first kappa shape index (κ1) is 15.3. The summed E-state index contributed by atoms with van der Waals surface area (Å²) in [5, 5.41) is 6.40. The van der Waals surface area contributed by atoms with E-state index in [0.29, 0.717) is 25.2 Å². The van der Waals surface area contributed by atoms with Gasteiger partial charge in [0.25, 0.3) is 5.91 Å². The van der Waals surface area contributed by atoms with E-state index >= 15 is 0 Å². The molecule has 2 aromatic rings. The van der Waals surface area contributed by atoms with Crippen molar-refractivity contribution in [1.29, 1.82) is 0 Å². The van der Waals surface area contributed by atoms with Gasteiger partial charge in [-0.15, -0.1) is 0 Å². The number of hydrogen-bond donors (Lipinski definition) is 1. The lowest BCUT2D eigenvalue weighted by Crippen LogP contribution is -2.41. The molecule has 1 N–H and O–H groups in total. The summed E-state index contributed by atoms with van der Waals surface area (Å²) in [5.74, 6) is -0.330. The van der Waals surface area contributed by atoms with E-state index in [4.69, 9.17) is 4.52 Å². The van der Waals surface area contributed by atoms with Crippen molar-refractivity contribution in [2.45, 2.75) is 32.9 Å². The Bertz CT molecular complexity index is 721. The average molecular weight is 313 g/mol. The molecule has 2 amide bonds. The lowest BCUT2D eigenvalue weighted by molar-refractivity contribution is -0.129. The van der Waals surface area contributed by atoms with Crippen molar-refractivity contribution >= 4 is 11.8 Å². The van der Waals surface area contributed by atoms with Gasteiger partial charge < -0.3 is 14.7 Å². The molecule has 1 aromatic carbocycles. The highest BCUT2D eigenvalue weighted by Gasteiger charge is 2.33. The Morgan fingerprint density at radius 2 is 2.09 bits per heavy atom. The largest absolute Gasteiger partial charge is 0.351 e. The Morgan fingerprint density at radius 1 is 1.35 bits per heavy atom. The maximum absolute atomic E-state index is 12.4. The topological polar surface area (TPSA) is 75.4 Å². The van der Waals surface area contributed by atoms with Gasteiger partial charge in [-0.3, -0.25) is 9.59 Å². The van der Waals surface area contributed by atoms with Crippen LogP contribution in [0.1, 0.15) is 33.8 Å². The highest BCUT2D eigenvalue weighted by molar-refractivity contribution is 5.96. The van der Waals surface area contributed by atoms with Crippen LogP contribution in [0, 0.1) is 13.8 Å². The third-order valence-electron chi connectivity index (χ3n) is 3.95. The van der Waals surface area contributed by atoms with E-state index in [2.05, 4.69) is 10.5 Å². The van der Waals surface area contributed by atoms with Crippen molar-refractivity contribution in [1.82, 2.24) is 15.4 Å². The van der Waals surface area contributed by atoms with Gasteiger partial charge in [-0.2, -0.15) is 0 Å². The number of rotatable bonds is 4. The van der Waals surface area contributed by atoms with Crippen molar-refractivity contribution in [2.24, 2.45) is 0 Å². The second-order valence-electron chi connectivity index (χ2n) is 5.89. The van der Waals surface area contributed by atoms with E-state index in [1.165, 1.54) is 5.56 Å². The van der Waals surface area contributed by atoms with E-state index < -0.39 is 11.9 Å². The number of carbonyl (C=O) groups is 2. The normalized spacial score (nSPS) is 17.6. The minimum atomic E-state index is -0.502. The first-order chi connectivity index (χ1) is 11.0. The van der Waals surface area contributed by atoms with Gasteiger partial charge in [0.05, 0.1) is 5.69 Å². The van der Waals surface area contributed by atoms with Gasteiger partial charge in [0.15, 0.2) is 0 Å². The first-order valence-electron chi connectivity index (χ1n) is 7.61. The van der Waals surface area contributed by atoms with Crippen LogP contribution < -0.4 is 5.32 Å². The smallest absolute Gasteiger partial charge is 0.290 e. The number of amides is 2. The van der Waals surface area contributed by atoms with E-state index in [-0.39, 0.29) is 11.7 Å². The molecule has 0 saturated carbocycles. The summed E-state index contributed by atoms with van der Waals surface area (Å²) in [6.45, 7) is 4.96. The Balaban J connectivity index is 1.60. The van der Waals surface area contributed by atoms with E-state index in [1.54, 1.807) is 17.9 Å². The molecule has 6 nitrogen and oxygen atoms in total. The zero-order chi connectivity index (χ0) is 16.4. The molecule has 1 atom stereocenters. The van der Waals surface area contributed by atoms with E-state index in [9.17, 15) is 9.59 Å². The Kier molecular flexibility index (Phi) is 4.14. The van der Waals surface area contributed by atoms with Gasteiger partial charge >= 0.3 is 0 Å². The number of nitrogens with one attached hydrogen (secondary N) is 1. The lowest BCUT2D eigenvalue weighted by atomic mass is 10.1. The van der Waals surface area contributed by atoms with Crippen LogP contribution in [0.25, 0.3) is 0 Å². The molecule has 120 valence electrons. The molecule has 0 aliphatic carbocycles. The van der Waals surface area contributed by atoms with Gasteiger partial charge in [0.2, 0.25) is 11.7 Å². The second-order valence-corrected chi connectivity index (χ2v) is 5.89. The summed E-state index contributed by atoms with van der Waals surface area (Å²) < 4.78 is 4.92. The zero-order valence-electron chi connectivity index (χ0n) is 13.2.